The summed E-state index contributed by atoms with van der Waals surface area (Å²) in [6.07, 6.45) is 0.689. The molecule has 0 N–H and O–H groups in total. The van der Waals surface area contributed by atoms with E-state index in [0.717, 1.165) is 13.1 Å². The van der Waals surface area contributed by atoms with Crippen molar-refractivity contribution >= 4 is 21.4 Å². The van der Waals surface area contributed by atoms with E-state index in [1.807, 2.05) is 6.92 Å². The van der Waals surface area contributed by atoms with Crippen molar-refractivity contribution in [3.05, 3.63) is 22.4 Å². The number of nitrogens with zero attached hydrogens (tertiary/aromatic N) is 2. The highest BCUT2D eigenvalue weighted by molar-refractivity contribution is 7.89. The van der Waals surface area contributed by atoms with E-state index in [0.29, 0.717) is 25.6 Å². The molecule has 6 heteroatoms. The third kappa shape index (κ3) is 3.56. The van der Waals surface area contributed by atoms with Crippen molar-refractivity contribution in [3.8, 4) is 0 Å². The van der Waals surface area contributed by atoms with Gasteiger partial charge in [-0.1, -0.05) is 13.0 Å². The van der Waals surface area contributed by atoms with Crippen LogP contribution in [0.15, 0.2) is 17.5 Å². The molecule has 0 aromatic carbocycles. The lowest BCUT2D eigenvalue weighted by molar-refractivity contribution is 0.147. The van der Waals surface area contributed by atoms with Crippen LogP contribution in [0.25, 0.3) is 0 Å². The zero-order chi connectivity index (χ0) is 13.9. The van der Waals surface area contributed by atoms with Gasteiger partial charge in [0.05, 0.1) is 5.75 Å². The third-order valence-corrected chi connectivity index (χ3v) is 6.75. The van der Waals surface area contributed by atoms with Gasteiger partial charge in [0.25, 0.3) is 0 Å². The van der Waals surface area contributed by atoms with Crippen LogP contribution in [0.3, 0.4) is 0 Å². The topological polar surface area (TPSA) is 40.6 Å². The first-order chi connectivity index (χ1) is 9.04. The second kappa shape index (κ2) is 6.35. The zero-order valence-corrected chi connectivity index (χ0v) is 13.2. The predicted octanol–water partition coefficient (Wildman–Crippen LogP) is 2.17. The number of hydrogen-bond acceptors (Lipinski definition) is 4. The Kier molecular flexibility index (Phi) is 5.00. The molecule has 0 amide bonds. The minimum Gasteiger partial charge on any atom is -0.293 e. The van der Waals surface area contributed by atoms with Gasteiger partial charge >= 0.3 is 0 Å². The molecule has 1 fully saturated rings. The van der Waals surface area contributed by atoms with Gasteiger partial charge in [0.1, 0.15) is 0 Å². The summed E-state index contributed by atoms with van der Waals surface area (Å²) in [5.74, 6) is 0.271. The number of piperazine rings is 1. The van der Waals surface area contributed by atoms with Crippen molar-refractivity contribution in [1.82, 2.24) is 9.21 Å². The van der Waals surface area contributed by atoms with Crippen LogP contribution in [0.1, 0.15) is 31.2 Å². The molecule has 1 aromatic rings. The second-order valence-electron chi connectivity index (χ2n) is 4.94. The lowest BCUT2D eigenvalue weighted by Gasteiger charge is -2.37. The van der Waals surface area contributed by atoms with Crippen molar-refractivity contribution in [2.75, 3.05) is 31.9 Å². The normalized spacial score (nSPS) is 20.5. The standard InChI is InChI=1S/C13H22N2O2S2/c1-3-11-19(16,17)15-8-6-14(7-9-15)12(2)13-5-4-10-18-13/h4-5,10,12H,3,6-9,11H2,1-2H3. The predicted molar refractivity (Wildman–Crippen MR) is 80.0 cm³/mol. The molecular formula is C13H22N2O2S2. The Bertz CT molecular complexity index is 477. The summed E-state index contributed by atoms with van der Waals surface area (Å²) in [6, 6.07) is 4.60. The van der Waals surface area contributed by atoms with Gasteiger partial charge in [-0.05, 0) is 24.8 Å². The molecule has 1 aliphatic rings. The molecule has 0 spiro atoms. The Morgan fingerprint density at radius 2 is 2.00 bits per heavy atom. The highest BCUT2D eigenvalue weighted by Crippen LogP contribution is 2.25. The molecule has 19 heavy (non-hydrogen) atoms. The second-order valence-corrected chi connectivity index (χ2v) is 8.01. The van der Waals surface area contributed by atoms with Crippen LogP contribution in [0.5, 0.6) is 0 Å². The van der Waals surface area contributed by atoms with Crippen LogP contribution >= 0.6 is 11.3 Å². The first kappa shape index (κ1) is 15.0. The fourth-order valence-electron chi connectivity index (χ4n) is 2.47. The van der Waals surface area contributed by atoms with Crippen molar-refractivity contribution < 1.29 is 8.42 Å². The van der Waals surface area contributed by atoms with E-state index in [1.165, 1.54) is 4.88 Å². The fraction of sp³-hybridized carbons (Fsp3) is 0.692. The molecule has 1 saturated heterocycles. The fourth-order valence-corrected chi connectivity index (χ4v) is 4.78. The Morgan fingerprint density at radius 1 is 1.32 bits per heavy atom. The van der Waals surface area contributed by atoms with E-state index in [2.05, 4.69) is 29.3 Å². The van der Waals surface area contributed by atoms with Crippen molar-refractivity contribution in [2.45, 2.75) is 26.3 Å². The van der Waals surface area contributed by atoms with Gasteiger partial charge in [-0.25, -0.2) is 8.42 Å². The van der Waals surface area contributed by atoms with Crippen LogP contribution in [0.4, 0.5) is 0 Å². The minimum atomic E-state index is -3.03. The molecular weight excluding hydrogens is 280 g/mol. The number of thiophene rings is 1. The maximum absolute atomic E-state index is 12.0. The molecule has 1 atom stereocenters. The van der Waals surface area contributed by atoms with Crippen LogP contribution < -0.4 is 0 Å². The Hall–Kier alpha value is -0.430. The number of rotatable bonds is 5. The van der Waals surface area contributed by atoms with Gasteiger partial charge in [-0.2, -0.15) is 4.31 Å². The van der Waals surface area contributed by atoms with Crippen LogP contribution in [0.2, 0.25) is 0 Å². The maximum Gasteiger partial charge on any atom is 0.214 e. The van der Waals surface area contributed by atoms with Gasteiger partial charge < -0.3 is 0 Å². The summed E-state index contributed by atoms with van der Waals surface area (Å²) in [5, 5.41) is 2.09. The third-order valence-electron chi connectivity index (χ3n) is 3.63. The molecule has 0 saturated carbocycles. The van der Waals surface area contributed by atoms with Crippen LogP contribution in [-0.2, 0) is 10.0 Å². The highest BCUT2D eigenvalue weighted by Gasteiger charge is 2.28. The molecule has 4 nitrogen and oxygen atoms in total. The Balaban J connectivity index is 1.92. The van der Waals surface area contributed by atoms with E-state index >= 15 is 0 Å². The minimum absolute atomic E-state index is 0.271. The lowest BCUT2D eigenvalue weighted by atomic mass is 10.2. The molecule has 0 radical (unpaired) electrons. The van der Waals surface area contributed by atoms with Crippen LogP contribution in [0, 0.1) is 0 Å². The summed E-state index contributed by atoms with van der Waals surface area (Å²) >= 11 is 1.77. The lowest BCUT2D eigenvalue weighted by Crippen LogP contribution is -2.49. The smallest absolute Gasteiger partial charge is 0.214 e. The van der Waals surface area contributed by atoms with E-state index in [-0.39, 0.29) is 5.75 Å². The number of sulfonamides is 1. The van der Waals surface area contributed by atoms with E-state index in [9.17, 15) is 8.42 Å². The molecule has 1 aliphatic heterocycles. The molecule has 1 aromatic heterocycles. The number of hydrogen-bond donors (Lipinski definition) is 0. The quantitative estimate of drug-likeness (QED) is 0.837. The van der Waals surface area contributed by atoms with Crippen molar-refractivity contribution in [1.29, 1.82) is 0 Å². The largest absolute Gasteiger partial charge is 0.293 e. The van der Waals surface area contributed by atoms with Gasteiger partial charge in [0.15, 0.2) is 0 Å². The van der Waals surface area contributed by atoms with Gasteiger partial charge in [-0.3, -0.25) is 4.90 Å². The van der Waals surface area contributed by atoms with Crippen LogP contribution in [-0.4, -0.2) is 49.6 Å². The maximum atomic E-state index is 12.0. The Labute approximate surface area is 120 Å². The molecule has 0 bridgehead atoms. The molecule has 2 heterocycles. The van der Waals surface area contributed by atoms with E-state index in [1.54, 1.807) is 15.6 Å². The van der Waals surface area contributed by atoms with Gasteiger partial charge in [-0.15, -0.1) is 11.3 Å². The zero-order valence-electron chi connectivity index (χ0n) is 11.6. The average Bonchev–Trinajstić information content (AvgIpc) is 2.92. The first-order valence-electron chi connectivity index (χ1n) is 6.80. The molecule has 1 unspecified atom stereocenters. The van der Waals surface area contributed by atoms with Crippen molar-refractivity contribution in [3.63, 3.8) is 0 Å². The van der Waals surface area contributed by atoms with E-state index < -0.39 is 10.0 Å². The van der Waals surface area contributed by atoms with Crippen molar-refractivity contribution in [2.24, 2.45) is 0 Å². The molecule has 2 rings (SSSR count). The SMILES string of the molecule is CCCS(=O)(=O)N1CCN(C(C)c2cccs2)CC1. The summed E-state index contributed by atoms with van der Waals surface area (Å²) in [4.78, 5) is 3.72. The first-order valence-corrected chi connectivity index (χ1v) is 9.28. The van der Waals surface area contributed by atoms with E-state index in [4.69, 9.17) is 0 Å². The highest BCUT2D eigenvalue weighted by atomic mass is 32.2. The summed E-state index contributed by atoms with van der Waals surface area (Å²) in [5.41, 5.74) is 0. The monoisotopic (exact) mass is 302 g/mol. The summed E-state index contributed by atoms with van der Waals surface area (Å²) < 4.78 is 25.6. The van der Waals surface area contributed by atoms with Gasteiger partial charge in [0.2, 0.25) is 10.0 Å². The Morgan fingerprint density at radius 3 is 2.53 bits per heavy atom. The van der Waals surface area contributed by atoms with Gasteiger partial charge in [0, 0.05) is 37.1 Å². The summed E-state index contributed by atoms with van der Waals surface area (Å²) in [7, 11) is -3.03. The average molecular weight is 302 g/mol. The summed E-state index contributed by atoms with van der Waals surface area (Å²) in [6.45, 7) is 6.99. The molecule has 108 valence electrons. The molecule has 0 aliphatic carbocycles.